The van der Waals surface area contributed by atoms with Crippen molar-refractivity contribution in [2.24, 2.45) is 4.99 Å². The first kappa shape index (κ1) is 25.1. The summed E-state index contributed by atoms with van der Waals surface area (Å²) in [4.78, 5) is 21.0. The number of benzene rings is 2. The zero-order valence-electron chi connectivity index (χ0n) is 19.5. The van der Waals surface area contributed by atoms with Crippen LogP contribution in [0.1, 0.15) is 24.5 Å². The number of guanidine groups is 1. The minimum absolute atomic E-state index is 0. The van der Waals surface area contributed by atoms with Crippen LogP contribution in [0.15, 0.2) is 53.5 Å². The van der Waals surface area contributed by atoms with E-state index in [4.69, 9.17) is 4.99 Å². The highest BCUT2D eigenvalue weighted by Crippen LogP contribution is 2.21. The van der Waals surface area contributed by atoms with Crippen LogP contribution in [0, 0.1) is 6.92 Å². The van der Waals surface area contributed by atoms with Crippen molar-refractivity contribution >= 4 is 47.2 Å². The number of nitrogens with one attached hydrogen (secondary N) is 3. The molecule has 0 aliphatic carbocycles. The molecule has 4 rings (SSSR count). The molecule has 2 fully saturated rings. The Hall–Kier alpha value is -2.49. The van der Waals surface area contributed by atoms with E-state index in [1.54, 1.807) is 0 Å². The maximum atomic E-state index is 11.6. The van der Waals surface area contributed by atoms with E-state index in [0.717, 1.165) is 49.8 Å². The first-order valence-electron chi connectivity index (χ1n) is 11.6. The van der Waals surface area contributed by atoms with E-state index in [1.807, 2.05) is 0 Å². The van der Waals surface area contributed by atoms with E-state index in [-0.39, 0.29) is 29.9 Å². The summed E-state index contributed by atoms with van der Waals surface area (Å²) in [5.41, 5.74) is 4.81. The largest absolute Gasteiger partial charge is 0.369 e. The fourth-order valence-corrected chi connectivity index (χ4v) is 4.22. The van der Waals surface area contributed by atoms with Gasteiger partial charge in [0.15, 0.2) is 5.96 Å². The maximum Gasteiger partial charge on any atom is 0.239 e. The van der Waals surface area contributed by atoms with Gasteiger partial charge in [0.1, 0.15) is 0 Å². The van der Waals surface area contributed by atoms with Gasteiger partial charge in [0, 0.05) is 50.1 Å². The van der Waals surface area contributed by atoms with Crippen LogP contribution in [0.3, 0.4) is 0 Å². The molecule has 33 heavy (non-hydrogen) atoms. The molecule has 2 aromatic rings. The van der Waals surface area contributed by atoms with E-state index in [2.05, 4.69) is 88.1 Å². The lowest BCUT2D eigenvalue weighted by Crippen LogP contribution is -2.47. The van der Waals surface area contributed by atoms with Crippen LogP contribution in [0.4, 0.5) is 11.4 Å². The van der Waals surface area contributed by atoms with Crippen molar-refractivity contribution in [1.82, 2.24) is 16.0 Å². The summed E-state index contributed by atoms with van der Waals surface area (Å²) >= 11 is 0. The number of hydrogen-bond donors (Lipinski definition) is 3. The van der Waals surface area contributed by atoms with Gasteiger partial charge in [-0.1, -0.05) is 29.8 Å². The Morgan fingerprint density at radius 1 is 1.06 bits per heavy atom. The molecule has 2 heterocycles. The molecule has 7 nitrogen and oxygen atoms in total. The highest BCUT2D eigenvalue weighted by Gasteiger charge is 2.23. The molecule has 0 spiro atoms. The van der Waals surface area contributed by atoms with Crippen molar-refractivity contribution in [3.8, 4) is 0 Å². The predicted molar refractivity (Wildman–Crippen MR) is 147 cm³/mol. The molecule has 2 aliphatic rings. The van der Waals surface area contributed by atoms with E-state index in [1.165, 1.54) is 11.3 Å². The zero-order chi connectivity index (χ0) is 22.3. The topological polar surface area (TPSA) is 72.0 Å². The lowest BCUT2D eigenvalue weighted by atomic mass is 10.2. The number of piperazine rings is 1. The second kappa shape index (κ2) is 12.1. The van der Waals surface area contributed by atoms with Crippen molar-refractivity contribution in [3.63, 3.8) is 0 Å². The fraction of sp³-hybridized carbons (Fsp3) is 0.440. The molecule has 8 heteroatoms. The summed E-state index contributed by atoms with van der Waals surface area (Å²) in [5.74, 6) is 0.944. The van der Waals surface area contributed by atoms with E-state index in [9.17, 15) is 4.79 Å². The van der Waals surface area contributed by atoms with Gasteiger partial charge in [-0.05, 0) is 50.1 Å². The molecule has 2 aliphatic heterocycles. The highest BCUT2D eigenvalue weighted by molar-refractivity contribution is 14.0. The molecule has 1 atom stereocenters. The summed E-state index contributed by atoms with van der Waals surface area (Å²) in [7, 11) is 0. The Labute approximate surface area is 214 Å². The number of anilines is 2. The van der Waals surface area contributed by atoms with Gasteiger partial charge in [-0.2, -0.15) is 0 Å². The number of carbonyl (C=O) groups excluding carboxylic acids is 1. The third-order valence-corrected chi connectivity index (χ3v) is 6.03. The lowest BCUT2D eigenvalue weighted by molar-refractivity contribution is -0.120. The maximum absolute atomic E-state index is 11.6. The Morgan fingerprint density at radius 2 is 1.76 bits per heavy atom. The molecule has 0 radical (unpaired) electrons. The average Bonchev–Trinajstić information content (AvgIpc) is 3.27. The van der Waals surface area contributed by atoms with E-state index < -0.39 is 0 Å². The summed E-state index contributed by atoms with van der Waals surface area (Å²) in [6.45, 7) is 9.66. The normalized spacial score (nSPS) is 18.5. The summed E-state index contributed by atoms with van der Waals surface area (Å²) in [6.07, 6.45) is 1.09. The molecule has 178 valence electrons. The first-order valence-corrected chi connectivity index (χ1v) is 11.6. The van der Waals surface area contributed by atoms with Gasteiger partial charge < -0.3 is 25.8 Å². The number of rotatable bonds is 6. The minimum atomic E-state index is 0. The van der Waals surface area contributed by atoms with Gasteiger partial charge in [0.2, 0.25) is 5.91 Å². The number of nitrogens with zero attached hydrogens (tertiary/aromatic N) is 3. The molecular weight excluding hydrogens is 527 g/mol. The van der Waals surface area contributed by atoms with Crippen LogP contribution in [-0.2, 0) is 11.3 Å². The van der Waals surface area contributed by atoms with Gasteiger partial charge in [0.05, 0.1) is 13.1 Å². The van der Waals surface area contributed by atoms with Crippen LogP contribution in [0.2, 0.25) is 0 Å². The van der Waals surface area contributed by atoms with E-state index in [0.29, 0.717) is 25.7 Å². The van der Waals surface area contributed by atoms with Crippen LogP contribution >= 0.6 is 24.0 Å². The number of aryl methyl sites for hydroxylation is 1. The summed E-state index contributed by atoms with van der Waals surface area (Å²) < 4.78 is 0. The smallest absolute Gasteiger partial charge is 0.239 e. The predicted octanol–water partition coefficient (Wildman–Crippen LogP) is 2.88. The number of hydrogen-bond acceptors (Lipinski definition) is 4. The number of halogens is 1. The van der Waals surface area contributed by atoms with Gasteiger partial charge in [-0.25, -0.2) is 4.99 Å². The second-order valence-corrected chi connectivity index (χ2v) is 8.54. The molecule has 0 aromatic heterocycles. The van der Waals surface area contributed by atoms with Crippen molar-refractivity contribution in [1.29, 1.82) is 0 Å². The Morgan fingerprint density at radius 3 is 2.45 bits per heavy atom. The third-order valence-electron chi connectivity index (χ3n) is 6.03. The molecule has 0 bridgehead atoms. The SMILES string of the molecule is CCNC(=NCc1ccc(N2CCNC(=O)C2)cc1)NC1CCN(c2ccc(C)cc2)C1.I. The Balaban J connectivity index is 0.00000306. The van der Waals surface area contributed by atoms with Gasteiger partial charge in [-0.15, -0.1) is 24.0 Å². The number of carbonyl (C=O) groups is 1. The highest BCUT2D eigenvalue weighted by atomic mass is 127. The molecule has 2 aromatic carbocycles. The average molecular weight is 563 g/mol. The molecule has 3 N–H and O–H groups in total. The fourth-order valence-electron chi connectivity index (χ4n) is 4.22. The first-order chi connectivity index (χ1) is 15.6. The molecule has 1 amide bonds. The Bertz CT molecular complexity index is 931. The van der Waals surface area contributed by atoms with Crippen molar-refractivity contribution in [3.05, 3.63) is 59.7 Å². The summed E-state index contributed by atoms with van der Waals surface area (Å²) in [5, 5.41) is 9.85. The number of amides is 1. The van der Waals surface area contributed by atoms with Crippen molar-refractivity contribution < 1.29 is 4.79 Å². The van der Waals surface area contributed by atoms with Crippen LogP contribution < -0.4 is 25.8 Å². The molecular formula is C25H35IN6O. The monoisotopic (exact) mass is 562 g/mol. The number of aliphatic imine (C=N–C) groups is 1. The van der Waals surface area contributed by atoms with Crippen LogP contribution in [0.5, 0.6) is 0 Å². The quantitative estimate of drug-likeness (QED) is 0.287. The van der Waals surface area contributed by atoms with Gasteiger partial charge in [0.25, 0.3) is 0 Å². The minimum Gasteiger partial charge on any atom is -0.369 e. The molecule has 0 saturated carbocycles. The van der Waals surface area contributed by atoms with E-state index >= 15 is 0 Å². The van der Waals surface area contributed by atoms with Crippen LogP contribution in [0.25, 0.3) is 0 Å². The lowest BCUT2D eigenvalue weighted by Gasteiger charge is -2.28. The summed E-state index contributed by atoms with van der Waals surface area (Å²) in [6, 6.07) is 17.5. The third kappa shape index (κ3) is 6.99. The van der Waals surface area contributed by atoms with Crippen LogP contribution in [-0.4, -0.2) is 57.2 Å². The molecule has 1 unspecified atom stereocenters. The van der Waals surface area contributed by atoms with Gasteiger partial charge in [-0.3, -0.25) is 4.79 Å². The van der Waals surface area contributed by atoms with Gasteiger partial charge >= 0.3 is 0 Å². The Kier molecular flexibility index (Phi) is 9.22. The molecule has 2 saturated heterocycles. The van der Waals surface area contributed by atoms with Crippen molar-refractivity contribution in [2.45, 2.75) is 32.9 Å². The van der Waals surface area contributed by atoms with Crippen molar-refractivity contribution in [2.75, 3.05) is 49.1 Å². The second-order valence-electron chi connectivity index (χ2n) is 8.54. The standard InChI is InChI=1S/C25H34N6O.HI/c1-3-26-25(29-21-12-14-30(17-21)22-8-4-19(2)5-9-22)28-16-20-6-10-23(11-7-20)31-15-13-27-24(32)18-31;/h4-11,21H,3,12-18H2,1-2H3,(H,27,32)(H2,26,28,29);1H. The zero-order valence-corrected chi connectivity index (χ0v) is 21.8.